The highest BCUT2D eigenvalue weighted by atomic mass is 16.2. The predicted molar refractivity (Wildman–Crippen MR) is 84.2 cm³/mol. The monoisotopic (exact) mass is 287 g/mol. The minimum atomic E-state index is 0.158. The predicted octanol–water partition coefficient (Wildman–Crippen LogP) is 1.06. The van der Waals surface area contributed by atoms with Gasteiger partial charge in [0, 0.05) is 19.6 Å². The van der Waals surface area contributed by atoms with E-state index in [-0.39, 0.29) is 5.91 Å². The van der Waals surface area contributed by atoms with Gasteiger partial charge in [-0.15, -0.1) is 0 Å². The van der Waals surface area contributed by atoms with E-state index in [0.29, 0.717) is 19.0 Å². The van der Waals surface area contributed by atoms with Gasteiger partial charge in [0.05, 0.1) is 6.54 Å². The molecule has 3 atom stereocenters. The first-order valence-corrected chi connectivity index (χ1v) is 7.97. The Morgan fingerprint density at radius 1 is 1.29 bits per heavy atom. The number of nitrogens with zero attached hydrogens (tertiary/aromatic N) is 1. The van der Waals surface area contributed by atoms with Crippen LogP contribution in [-0.2, 0) is 4.79 Å². The Bertz CT molecular complexity index is 464. The molecule has 0 bridgehead atoms. The minimum Gasteiger partial charge on any atom is -0.354 e. The van der Waals surface area contributed by atoms with Crippen molar-refractivity contribution in [1.82, 2.24) is 15.5 Å². The zero-order valence-corrected chi connectivity index (χ0v) is 12.7. The number of fused-ring (bicyclic) bond motifs is 1. The fourth-order valence-electron chi connectivity index (χ4n) is 3.51. The van der Waals surface area contributed by atoms with Crippen LogP contribution < -0.4 is 10.6 Å². The summed E-state index contributed by atoms with van der Waals surface area (Å²) in [5, 5.41) is 6.51. The van der Waals surface area contributed by atoms with Gasteiger partial charge in [0.25, 0.3) is 0 Å². The van der Waals surface area contributed by atoms with Crippen molar-refractivity contribution in [3.05, 3.63) is 35.9 Å². The molecule has 114 valence electrons. The Morgan fingerprint density at radius 2 is 1.95 bits per heavy atom. The van der Waals surface area contributed by atoms with Gasteiger partial charge >= 0.3 is 0 Å². The van der Waals surface area contributed by atoms with E-state index in [4.69, 9.17) is 0 Å². The van der Waals surface area contributed by atoms with Crippen LogP contribution in [0.3, 0.4) is 0 Å². The smallest absolute Gasteiger partial charge is 0.234 e. The minimum absolute atomic E-state index is 0.158. The lowest BCUT2D eigenvalue weighted by atomic mass is 10.0. The third kappa shape index (κ3) is 3.63. The Morgan fingerprint density at radius 3 is 2.62 bits per heavy atom. The van der Waals surface area contributed by atoms with E-state index in [1.807, 2.05) is 18.2 Å². The van der Waals surface area contributed by atoms with Gasteiger partial charge in [-0.2, -0.15) is 0 Å². The van der Waals surface area contributed by atoms with Crippen LogP contribution in [0, 0.1) is 11.8 Å². The average molecular weight is 287 g/mol. The van der Waals surface area contributed by atoms with Crippen LogP contribution in [0.2, 0.25) is 0 Å². The number of nitrogens with one attached hydrogen (secondary N) is 2. The summed E-state index contributed by atoms with van der Waals surface area (Å²) in [5.41, 5.74) is 1.28. The molecule has 0 spiro atoms. The first kappa shape index (κ1) is 14.5. The first-order chi connectivity index (χ1) is 10.2. The Balaban J connectivity index is 1.41. The Hall–Kier alpha value is -1.39. The molecule has 1 aromatic rings. The van der Waals surface area contributed by atoms with E-state index < -0.39 is 0 Å². The van der Waals surface area contributed by atoms with Crippen LogP contribution in [-0.4, -0.2) is 50.1 Å². The number of amides is 1. The van der Waals surface area contributed by atoms with Gasteiger partial charge in [0.2, 0.25) is 5.91 Å². The second-order valence-electron chi connectivity index (χ2n) is 6.49. The molecule has 2 heterocycles. The van der Waals surface area contributed by atoms with Crippen LogP contribution >= 0.6 is 0 Å². The van der Waals surface area contributed by atoms with Gasteiger partial charge in [-0.05, 0) is 36.4 Å². The van der Waals surface area contributed by atoms with E-state index >= 15 is 0 Å². The van der Waals surface area contributed by atoms with E-state index in [9.17, 15) is 4.79 Å². The maximum absolute atomic E-state index is 12.1. The van der Waals surface area contributed by atoms with Crippen LogP contribution in [0.1, 0.15) is 18.4 Å². The standard InChI is InChI=1S/C17H25N3O/c1-13(14-5-3-2-4-6-14)7-19-17(21)12-20-10-15-8-18-9-16(15)11-20/h2-6,13,15-16,18H,7-12H2,1H3,(H,19,21)/t13?,15-,16+. The van der Waals surface area contributed by atoms with Gasteiger partial charge in [-0.25, -0.2) is 0 Å². The lowest BCUT2D eigenvalue weighted by Gasteiger charge is -2.18. The molecule has 2 fully saturated rings. The fraction of sp³-hybridized carbons (Fsp3) is 0.588. The molecule has 1 amide bonds. The number of carbonyl (C=O) groups is 1. The van der Waals surface area contributed by atoms with E-state index in [1.165, 1.54) is 5.56 Å². The largest absolute Gasteiger partial charge is 0.354 e. The van der Waals surface area contributed by atoms with Crippen molar-refractivity contribution in [1.29, 1.82) is 0 Å². The lowest BCUT2D eigenvalue weighted by molar-refractivity contribution is -0.122. The summed E-state index contributed by atoms with van der Waals surface area (Å²) in [6, 6.07) is 10.3. The molecule has 2 saturated heterocycles. The Labute approximate surface area is 126 Å². The molecular weight excluding hydrogens is 262 g/mol. The third-order valence-corrected chi connectivity index (χ3v) is 4.81. The lowest BCUT2D eigenvalue weighted by Crippen LogP contribution is -2.38. The molecule has 2 aliphatic heterocycles. The zero-order valence-electron chi connectivity index (χ0n) is 12.7. The van der Waals surface area contributed by atoms with E-state index in [0.717, 1.165) is 38.0 Å². The number of hydrogen-bond acceptors (Lipinski definition) is 3. The third-order valence-electron chi connectivity index (χ3n) is 4.81. The highest BCUT2D eigenvalue weighted by Crippen LogP contribution is 2.25. The second kappa shape index (κ2) is 6.58. The fourth-order valence-corrected chi connectivity index (χ4v) is 3.51. The van der Waals surface area contributed by atoms with Crippen molar-refractivity contribution in [2.75, 3.05) is 39.3 Å². The molecule has 0 radical (unpaired) electrons. The first-order valence-electron chi connectivity index (χ1n) is 7.97. The zero-order chi connectivity index (χ0) is 14.7. The molecule has 1 aromatic carbocycles. The molecule has 21 heavy (non-hydrogen) atoms. The van der Waals surface area contributed by atoms with Crippen LogP contribution in [0.4, 0.5) is 0 Å². The van der Waals surface area contributed by atoms with E-state index in [1.54, 1.807) is 0 Å². The number of benzene rings is 1. The maximum atomic E-state index is 12.1. The highest BCUT2D eigenvalue weighted by molar-refractivity contribution is 5.78. The summed E-state index contributed by atoms with van der Waals surface area (Å²) in [5.74, 6) is 2.02. The van der Waals surface area contributed by atoms with Gasteiger partial charge in [0.1, 0.15) is 0 Å². The van der Waals surface area contributed by atoms with Gasteiger partial charge in [0.15, 0.2) is 0 Å². The number of rotatable bonds is 5. The van der Waals surface area contributed by atoms with Crippen LogP contribution in [0.25, 0.3) is 0 Å². The summed E-state index contributed by atoms with van der Waals surface area (Å²) < 4.78 is 0. The van der Waals surface area contributed by atoms with Gasteiger partial charge in [-0.1, -0.05) is 37.3 Å². The van der Waals surface area contributed by atoms with Crippen molar-refractivity contribution in [2.24, 2.45) is 11.8 Å². The summed E-state index contributed by atoms with van der Waals surface area (Å²) in [7, 11) is 0. The molecule has 0 aromatic heterocycles. The molecular formula is C17H25N3O. The topological polar surface area (TPSA) is 44.4 Å². The Kier molecular flexibility index (Phi) is 4.56. The summed E-state index contributed by atoms with van der Waals surface area (Å²) in [6.45, 7) is 7.79. The SMILES string of the molecule is CC(CNC(=O)CN1C[C@H]2CNC[C@H]2C1)c1ccccc1. The molecule has 2 N–H and O–H groups in total. The number of hydrogen-bond donors (Lipinski definition) is 2. The van der Waals surface area contributed by atoms with Crippen molar-refractivity contribution >= 4 is 5.91 Å². The van der Waals surface area contributed by atoms with Crippen molar-refractivity contribution < 1.29 is 4.79 Å². The molecule has 1 unspecified atom stereocenters. The normalized spacial score (nSPS) is 26.5. The maximum Gasteiger partial charge on any atom is 0.234 e. The average Bonchev–Trinajstić information content (AvgIpc) is 3.07. The highest BCUT2D eigenvalue weighted by Gasteiger charge is 2.36. The van der Waals surface area contributed by atoms with Crippen molar-refractivity contribution in [3.8, 4) is 0 Å². The summed E-state index contributed by atoms with van der Waals surface area (Å²) in [4.78, 5) is 14.4. The molecule has 3 rings (SSSR count). The molecule has 0 aliphatic carbocycles. The number of carbonyl (C=O) groups excluding carboxylic acids is 1. The molecule has 4 heteroatoms. The molecule has 0 saturated carbocycles. The van der Waals surface area contributed by atoms with Crippen LogP contribution in [0.15, 0.2) is 30.3 Å². The second-order valence-corrected chi connectivity index (χ2v) is 6.49. The summed E-state index contributed by atoms with van der Waals surface area (Å²) >= 11 is 0. The number of likely N-dealkylation sites (tertiary alicyclic amines) is 1. The van der Waals surface area contributed by atoms with Crippen molar-refractivity contribution in [3.63, 3.8) is 0 Å². The quantitative estimate of drug-likeness (QED) is 0.851. The van der Waals surface area contributed by atoms with E-state index in [2.05, 4.69) is 34.6 Å². The van der Waals surface area contributed by atoms with Gasteiger partial charge < -0.3 is 10.6 Å². The van der Waals surface area contributed by atoms with Crippen molar-refractivity contribution in [2.45, 2.75) is 12.8 Å². The summed E-state index contributed by atoms with van der Waals surface area (Å²) in [6.07, 6.45) is 0. The van der Waals surface area contributed by atoms with Crippen LogP contribution in [0.5, 0.6) is 0 Å². The molecule has 2 aliphatic rings. The van der Waals surface area contributed by atoms with Gasteiger partial charge in [-0.3, -0.25) is 9.69 Å². The molecule has 4 nitrogen and oxygen atoms in total.